The van der Waals surface area contributed by atoms with E-state index in [0.29, 0.717) is 0 Å². The summed E-state index contributed by atoms with van der Waals surface area (Å²) in [5.41, 5.74) is 0.796. The van der Waals surface area contributed by atoms with E-state index >= 15 is 0 Å². The summed E-state index contributed by atoms with van der Waals surface area (Å²) in [5.74, 6) is -2.55. The molecule has 7 heteroatoms. The molecule has 0 saturated heterocycles. The molecule has 0 aliphatic rings. The number of carbonyl (C=O) groups is 3. The van der Waals surface area contributed by atoms with E-state index in [2.05, 4.69) is 5.32 Å². The molecule has 0 spiro atoms. The van der Waals surface area contributed by atoms with Gasteiger partial charge < -0.3 is 20.0 Å². The topological polar surface area (TPSA) is 95.5 Å². The fourth-order valence-corrected chi connectivity index (χ4v) is 1.78. The number of amides is 1. The van der Waals surface area contributed by atoms with Gasteiger partial charge >= 0.3 is 35.5 Å². The number of carboxylic acids is 1. The molecule has 0 saturated carbocycles. The predicted octanol–water partition coefficient (Wildman–Crippen LogP) is -2.60. The summed E-state index contributed by atoms with van der Waals surface area (Å²) in [7, 11) is 0. The molecule has 6 nitrogen and oxygen atoms in total. The number of hydrogen-bond acceptors (Lipinski definition) is 5. The van der Waals surface area contributed by atoms with Gasteiger partial charge in [0.25, 0.3) is 0 Å². The van der Waals surface area contributed by atoms with E-state index < -0.39 is 30.3 Å². The summed E-state index contributed by atoms with van der Waals surface area (Å²) in [4.78, 5) is 34.2. The molecular weight excluding hydrogens is 309 g/mol. The number of aliphatic carboxylic acids is 1. The van der Waals surface area contributed by atoms with Crippen LogP contribution in [0.25, 0.3) is 0 Å². The Morgan fingerprint density at radius 2 is 1.74 bits per heavy atom. The first-order chi connectivity index (χ1) is 10.4. The number of nitrogens with one attached hydrogen (secondary N) is 1. The average Bonchev–Trinajstić information content (AvgIpc) is 2.44. The minimum atomic E-state index is -1.51. The van der Waals surface area contributed by atoms with Crippen molar-refractivity contribution in [1.29, 1.82) is 0 Å². The van der Waals surface area contributed by atoms with Crippen LogP contribution >= 0.6 is 0 Å². The van der Waals surface area contributed by atoms with Crippen LogP contribution in [0.4, 0.5) is 0 Å². The van der Waals surface area contributed by atoms with E-state index in [1.54, 1.807) is 24.3 Å². The van der Waals surface area contributed by atoms with Crippen molar-refractivity contribution in [2.45, 2.75) is 39.3 Å². The van der Waals surface area contributed by atoms with E-state index in [4.69, 9.17) is 4.74 Å². The van der Waals surface area contributed by atoms with Crippen LogP contribution in [0.1, 0.15) is 32.3 Å². The molecule has 1 unspecified atom stereocenters. The Labute approximate surface area is 157 Å². The molecule has 1 rings (SSSR count). The Bertz CT molecular complexity index is 518. The number of ether oxygens (including phenoxy) is 1. The Morgan fingerprint density at radius 1 is 1.13 bits per heavy atom. The van der Waals surface area contributed by atoms with Crippen molar-refractivity contribution in [3.05, 3.63) is 35.9 Å². The predicted molar refractivity (Wildman–Crippen MR) is 77.2 cm³/mol. The molecule has 0 aliphatic carbocycles. The molecule has 0 aliphatic heterocycles. The van der Waals surface area contributed by atoms with Gasteiger partial charge in [-0.1, -0.05) is 44.2 Å². The summed E-state index contributed by atoms with van der Waals surface area (Å²) >= 11 is 0. The van der Waals surface area contributed by atoms with Crippen molar-refractivity contribution in [2.24, 2.45) is 5.92 Å². The minimum absolute atomic E-state index is 0. The van der Waals surface area contributed by atoms with E-state index in [9.17, 15) is 19.5 Å². The number of carboxylic acid groups (broad SMARTS) is 1. The third-order valence-corrected chi connectivity index (χ3v) is 2.83. The van der Waals surface area contributed by atoms with Crippen LogP contribution in [-0.2, 0) is 25.7 Å². The standard InChI is InChI=1S/C16H21NO5.Na/c1-11(2)8-14(18)17-13(16(20)21)9-15(19)22-10-12-6-4-3-5-7-12;/h3-7,11,13H,8-10H2,1-2H3,(H,17,18)(H,20,21);/q;+1/p-1. The Morgan fingerprint density at radius 3 is 2.26 bits per heavy atom. The van der Waals surface area contributed by atoms with Gasteiger partial charge in [-0.25, -0.2) is 0 Å². The molecule has 1 amide bonds. The number of benzene rings is 1. The van der Waals surface area contributed by atoms with E-state index in [1.807, 2.05) is 19.9 Å². The number of rotatable bonds is 8. The maximum Gasteiger partial charge on any atom is 1.00 e. The van der Waals surface area contributed by atoms with E-state index in [1.165, 1.54) is 0 Å². The second kappa shape index (κ2) is 11.2. The van der Waals surface area contributed by atoms with Crippen molar-refractivity contribution < 1.29 is 53.8 Å². The minimum Gasteiger partial charge on any atom is -0.548 e. The first kappa shape index (κ1) is 21.6. The molecule has 0 fully saturated rings. The smallest absolute Gasteiger partial charge is 0.548 e. The average molecular weight is 329 g/mol. The van der Waals surface area contributed by atoms with Gasteiger partial charge in [0.05, 0.1) is 18.4 Å². The quantitative estimate of drug-likeness (QED) is 0.417. The van der Waals surface area contributed by atoms with Crippen LogP contribution in [0.5, 0.6) is 0 Å². The van der Waals surface area contributed by atoms with Crippen LogP contribution in [0.2, 0.25) is 0 Å². The molecule has 1 atom stereocenters. The summed E-state index contributed by atoms with van der Waals surface area (Å²) in [5, 5.41) is 13.3. The molecule has 1 aromatic rings. The van der Waals surface area contributed by atoms with Crippen molar-refractivity contribution >= 4 is 17.8 Å². The summed E-state index contributed by atoms with van der Waals surface area (Å²) < 4.78 is 4.99. The molecule has 120 valence electrons. The molecule has 0 heterocycles. The molecule has 0 aromatic heterocycles. The SMILES string of the molecule is CC(C)CC(=O)NC(CC(=O)OCc1ccccc1)C(=O)[O-].[Na+]. The zero-order valence-electron chi connectivity index (χ0n) is 13.7. The fourth-order valence-electron chi connectivity index (χ4n) is 1.78. The van der Waals surface area contributed by atoms with Crippen molar-refractivity contribution in [2.75, 3.05) is 0 Å². The van der Waals surface area contributed by atoms with Gasteiger partial charge in [-0.3, -0.25) is 9.59 Å². The number of carbonyl (C=O) groups excluding carboxylic acids is 3. The zero-order valence-corrected chi connectivity index (χ0v) is 15.7. The Balaban J connectivity index is 0.00000484. The van der Waals surface area contributed by atoms with Gasteiger partial charge in [0.15, 0.2) is 0 Å². The van der Waals surface area contributed by atoms with Gasteiger partial charge in [-0.2, -0.15) is 0 Å². The van der Waals surface area contributed by atoms with Gasteiger partial charge in [0.1, 0.15) is 6.61 Å². The first-order valence-corrected chi connectivity index (χ1v) is 7.08. The second-order valence-corrected chi connectivity index (χ2v) is 5.39. The summed E-state index contributed by atoms with van der Waals surface area (Å²) in [6.07, 6.45) is -0.276. The molecule has 1 N–H and O–H groups in total. The Kier molecular flexibility index (Phi) is 10.5. The monoisotopic (exact) mass is 329 g/mol. The van der Waals surface area contributed by atoms with Crippen molar-refractivity contribution in [1.82, 2.24) is 5.32 Å². The number of esters is 1. The van der Waals surface area contributed by atoms with Crippen LogP contribution in [-0.4, -0.2) is 23.9 Å². The third kappa shape index (κ3) is 9.38. The molecule has 23 heavy (non-hydrogen) atoms. The normalized spacial score (nSPS) is 11.3. The maximum atomic E-state index is 11.7. The van der Waals surface area contributed by atoms with Gasteiger partial charge in [-0.05, 0) is 11.5 Å². The molecule has 0 bridgehead atoms. The fraction of sp³-hybridized carbons (Fsp3) is 0.438. The summed E-state index contributed by atoms with van der Waals surface area (Å²) in [6, 6.07) is 7.64. The molecular formula is C16H20NNaO5. The van der Waals surface area contributed by atoms with E-state index in [-0.39, 0.29) is 48.5 Å². The second-order valence-electron chi connectivity index (χ2n) is 5.39. The Hall–Kier alpha value is -1.37. The summed E-state index contributed by atoms with van der Waals surface area (Å²) in [6.45, 7) is 3.73. The van der Waals surface area contributed by atoms with E-state index in [0.717, 1.165) is 5.56 Å². The van der Waals surface area contributed by atoms with Crippen molar-refractivity contribution in [3.8, 4) is 0 Å². The van der Waals surface area contributed by atoms with Crippen LogP contribution in [0.3, 0.4) is 0 Å². The van der Waals surface area contributed by atoms with Crippen LogP contribution < -0.4 is 40.0 Å². The maximum absolute atomic E-state index is 11.7. The van der Waals surface area contributed by atoms with Crippen molar-refractivity contribution in [3.63, 3.8) is 0 Å². The zero-order chi connectivity index (χ0) is 16.5. The first-order valence-electron chi connectivity index (χ1n) is 7.08. The molecule has 1 aromatic carbocycles. The van der Waals surface area contributed by atoms with Crippen LogP contribution in [0, 0.1) is 5.92 Å². The van der Waals surface area contributed by atoms with Gasteiger partial charge in [0.2, 0.25) is 5.91 Å². The largest absolute Gasteiger partial charge is 1.00 e. The third-order valence-electron chi connectivity index (χ3n) is 2.83. The number of hydrogen-bond donors (Lipinski definition) is 1. The molecule has 0 radical (unpaired) electrons. The van der Waals surface area contributed by atoms with Gasteiger partial charge in [0, 0.05) is 6.42 Å². The van der Waals surface area contributed by atoms with Gasteiger partial charge in [-0.15, -0.1) is 0 Å². The van der Waals surface area contributed by atoms with Crippen LogP contribution in [0.15, 0.2) is 30.3 Å².